The van der Waals surface area contributed by atoms with Gasteiger partial charge in [0.2, 0.25) is 0 Å². The fourth-order valence-corrected chi connectivity index (χ4v) is 1.84. The fraction of sp³-hybridized carbons (Fsp3) is 0.750. The van der Waals surface area contributed by atoms with Gasteiger partial charge in [0, 0.05) is 27.4 Å². The molecular formula is C16H28O6. The van der Waals surface area contributed by atoms with E-state index in [4.69, 9.17) is 18.9 Å². The number of carbonyl (C=O) groups excluding carboxylic acids is 2. The van der Waals surface area contributed by atoms with Gasteiger partial charge in [0.1, 0.15) is 0 Å². The van der Waals surface area contributed by atoms with Crippen molar-refractivity contribution < 1.29 is 28.5 Å². The highest BCUT2D eigenvalue weighted by Crippen LogP contribution is 2.14. The molecule has 22 heavy (non-hydrogen) atoms. The first kappa shape index (κ1) is 20.6. The molecule has 0 aromatic carbocycles. The Labute approximate surface area is 132 Å². The quantitative estimate of drug-likeness (QED) is 0.405. The second-order valence-corrected chi connectivity index (χ2v) is 4.66. The summed E-state index contributed by atoms with van der Waals surface area (Å²) in [6, 6.07) is 0. The third-order valence-electron chi connectivity index (χ3n) is 3.02. The molecule has 0 aromatic rings. The molecule has 6 heteroatoms. The molecular weight excluding hydrogens is 288 g/mol. The lowest BCUT2D eigenvalue weighted by Crippen LogP contribution is -2.20. The summed E-state index contributed by atoms with van der Waals surface area (Å²) in [7, 11) is 3.15. The molecule has 0 rings (SSSR count). The fourth-order valence-electron chi connectivity index (χ4n) is 1.84. The molecule has 0 amide bonds. The normalized spacial score (nSPS) is 13.8. The number of esters is 2. The number of methoxy groups -OCH3 is 2. The number of hydrogen-bond acceptors (Lipinski definition) is 6. The van der Waals surface area contributed by atoms with E-state index in [1.165, 1.54) is 0 Å². The molecule has 128 valence electrons. The van der Waals surface area contributed by atoms with E-state index in [1.807, 2.05) is 0 Å². The van der Waals surface area contributed by atoms with Crippen LogP contribution in [0.4, 0.5) is 0 Å². The van der Waals surface area contributed by atoms with Crippen LogP contribution in [0.1, 0.15) is 26.7 Å². The highest BCUT2D eigenvalue weighted by Gasteiger charge is 2.20. The molecule has 0 aliphatic carbocycles. The molecule has 0 saturated heterocycles. The molecule has 2 unspecified atom stereocenters. The van der Waals surface area contributed by atoms with Gasteiger partial charge in [-0.1, -0.05) is 12.2 Å². The van der Waals surface area contributed by atoms with E-state index >= 15 is 0 Å². The molecule has 0 radical (unpaired) electrons. The van der Waals surface area contributed by atoms with Gasteiger partial charge < -0.3 is 18.9 Å². The zero-order valence-corrected chi connectivity index (χ0v) is 14.0. The van der Waals surface area contributed by atoms with Gasteiger partial charge in [0.25, 0.3) is 0 Å². The van der Waals surface area contributed by atoms with Gasteiger partial charge in [-0.3, -0.25) is 9.59 Å². The molecule has 0 bridgehead atoms. The minimum absolute atomic E-state index is 0.315. The first-order valence-electron chi connectivity index (χ1n) is 7.60. The zero-order valence-electron chi connectivity index (χ0n) is 14.0. The van der Waals surface area contributed by atoms with Crippen molar-refractivity contribution in [3.8, 4) is 0 Å². The second-order valence-electron chi connectivity index (χ2n) is 4.66. The van der Waals surface area contributed by atoms with E-state index in [2.05, 4.69) is 0 Å². The van der Waals surface area contributed by atoms with Crippen LogP contribution in [0.5, 0.6) is 0 Å². The van der Waals surface area contributed by atoms with Crippen LogP contribution < -0.4 is 0 Å². The lowest BCUT2D eigenvalue weighted by molar-refractivity contribution is -0.148. The molecule has 0 aromatic heterocycles. The Morgan fingerprint density at radius 1 is 0.818 bits per heavy atom. The summed E-state index contributed by atoms with van der Waals surface area (Å²) in [4.78, 5) is 23.8. The van der Waals surface area contributed by atoms with E-state index in [1.54, 1.807) is 40.2 Å². The smallest absolute Gasteiger partial charge is 0.312 e. The van der Waals surface area contributed by atoms with Crippen LogP contribution in [0.3, 0.4) is 0 Å². The van der Waals surface area contributed by atoms with Crippen molar-refractivity contribution in [3.63, 3.8) is 0 Å². The van der Waals surface area contributed by atoms with Crippen molar-refractivity contribution in [1.82, 2.24) is 0 Å². The van der Waals surface area contributed by atoms with Gasteiger partial charge in [0.05, 0.1) is 25.0 Å². The third-order valence-corrected chi connectivity index (χ3v) is 3.02. The minimum atomic E-state index is -0.431. The average molecular weight is 316 g/mol. The number of rotatable bonds is 12. The van der Waals surface area contributed by atoms with Gasteiger partial charge in [-0.15, -0.1) is 0 Å². The van der Waals surface area contributed by atoms with Crippen LogP contribution in [0.2, 0.25) is 0 Å². The number of ether oxygens (including phenoxy) is 4. The van der Waals surface area contributed by atoms with Crippen LogP contribution in [-0.4, -0.2) is 52.6 Å². The predicted molar refractivity (Wildman–Crippen MR) is 82.4 cm³/mol. The maximum absolute atomic E-state index is 11.9. The van der Waals surface area contributed by atoms with E-state index in [0.29, 0.717) is 39.3 Å². The van der Waals surface area contributed by atoms with Crippen LogP contribution in [0.25, 0.3) is 0 Å². The molecule has 0 N–H and O–H groups in total. The third kappa shape index (κ3) is 8.79. The molecule has 0 fully saturated rings. The van der Waals surface area contributed by atoms with Gasteiger partial charge in [-0.2, -0.15) is 0 Å². The Hall–Kier alpha value is -1.40. The predicted octanol–water partition coefficient (Wildman–Crippen LogP) is 1.97. The van der Waals surface area contributed by atoms with Crippen LogP contribution in [0, 0.1) is 11.8 Å². The Morgan fingerprint density at radius 3 is 1.45 bits per heavy atom. The lowest BCUT2D eigenvalue weighted by atomic mass is 10.00. The summed E-state index contributed by atoms with van der Waals surface area (Å²) in [6.45, 7) is 5.04. The lowest BCUT2D eigenvalue weighted by Gasteiger charge is -2.14. The monoisotopic (exact) mass is 316 g/mol. The van der Waals surface area contributed by atoms with Crippen molar-refractivity contribution >= 4 is 11.9 Å². The number of carbonyl (C=O) groups is 2. The summed E-state index contributed by atoms with van der Waals surface area (Å²) in [5.41, 5.74) is 0. The molecule has 0 heterocycles. The molecule has 0 aliphatic heterocycles. The van der Waals surface area contributed by atoms with E-state index in [9.17, 15) is 9.59 Å². The van der Waals surface area contributed by atoms with E-state index in [-0.39, 0.29) is 11.9 Å². The number of hydrogen-bond donors (Lipinski definition) is 0. The minimum Gasteiger partial charge on any atom is -0.466 e. The first-order valence-corrected chi connectivity index (χ1v) is 7.60. The van der Waals surface area contributed by atoms with Gasteiger partial charge in [-0.05, 0) is 26.7 Å². The van der Waals surface area contributed by atoms with Gasteiger partial charge >= 0.3 is 11.9 Å². The van der Waals surface area contributed by atoms with Crippen molar-refractivity contribution in [2.75, 3.05) is 40.6 Å². The van der Waals surface area contributed by atoms with Gasteiger partial charge in [-0.25, -0.2) is 0 Å². The molecule has 2 atom stereocenters. The second kappa shape index (κ2) is 13.3. The maximum Gasteiger partial charge on any atom is 0.312 e. The molecule has 0 saturated carbocycles. The largest absolute Gasteiger partial charge is 0.466 e. The van der Waals surface area contributed by atoms with Crippen molar-refractivity contribution in [3.05, 3.63) is 12.2 Å². The van der Waals surface area contributed by atoms with E-state index in [0.717, 1.165) is 0 Å². The SMILES string of the molecule is CCOC(=O)C(C=CC(CCOC)C(=O)OCC)CCOC. The summed E-state index contributed by atoms with van der Waals surface area (Å²) >= 11 is 0. The maximum atomic E-state index is 11.9. The molecule has 0 aliphatic rings. The topological polar surface area (TPSA) is 71.1 Å². The first-order chi connectivity index (χ1) is 10.6. The summed E-state index contributed by atoms with van der Waals surface area (Å²) < 4.78 is 20.1. The zero-order chi connectivity index (χ0) is 16.8. The Morgan fingerprint density at radius 2 is 1.18 bits per heavy atom. The van der Waals surface area contributed by atoms with E-state index < -0.39 is 11.8 Å². The highest BCUT2D eigenvalue weighted by atomic mass is 16.5. The standard InChI is InChI=1S/C16H28O6/c1-5-21-15(17)13(9-11-19-3)7-8-14(10-12-20-4)16(18)22-6-2/h7-8,13-14H,5-6,9-12H2,1-4H3. The molecule has 0 spiro atoms. The average Bonchev–Trinajstić information content (AvgIpc) is 2.50. The Kier molecular flexibility index (Phi) is 12.4. The van der Waals surface area contributed by atoms with Crippen LogP contribution in [-0.2, 0) is 28.5 Å². The van der Waals surface area contributed by atoms with Crippen LogP contribution in [0.15, 0.2) is 12.2 Å². The summed E-state index contributed by atoms with van der Waals surface area (Å²) in [5.74, 6) is -1.49. The van der Waals surface area contributed by atoms with Crippen LogP contribution >= 0.6 is 0 Å². The van der Waals surface area contributed by atoms with Crippen molar-refractivity contribution in [2.24, 2.45) is 11.8 Å². The Balaban J connectivity index is 4.85. The summed E-state index contributed by atoms with van der Waals surface area (Å²) in [5, 5.41) is 0. The summed E-state index contributed by atoms with van der Waals surface area (Å²) in [6.07, 6.45) is 4.42. The van der Waals surface area contributed by atoms with Crippen molar-refractivity contribution in [1.29, 1.82) is 0 Å². The van der Waals surface area contributed by atoms with Gasteiger partial charge in [0.15, 0.2) is 0 Å². The highest BCUT2D eigenvalue weighted by molar-refractivity contribution is 5.76. The molecule has 6 nitrogen and oxygen atoms in total. The van der Waals surface area contributed by atoms with Crippen molar-refractivity contribution in [2.45, 2.75) is 26.7 Å². The Bertz CT molecular complexity index is 308.